The van der Waals surface area contributed by atoms with Gasteiger partial charge in [-0.25, -0.2) is 0 Å². The van der Waals surface area contributed by atoms with Crippen LogP contribution >= 0.6 is 24.0 Å². The van der Waals surface area contributed by atoms with Crippen molar-refractivity contribution in [3.63, 3.8) is 0 Å². The summed E-state index contributed by atoms with van der Waals surface area (Å²) in [4.78, 5) is 18.5. The molecular weight excluding hydrogens is 405 g/mol. The quantitative estimate of drug-likeness (QED) is 0.344. The van der Waals surface area contributed by atoms with Gasteiger partial charge in [-0.05, 0) is 52.6 Å². The van der Waals surface area contributed by atoms with E-state index in [1.165, 1.54) is 19.4 Å². The fraction of sp³-hybridized carbons (Fsp3) is 0.875. The van der Waals surface area contributed by atoms with Crippen molar-refractivity contribution in [1.29, 1.82) is 0 Å². The van der Waals surface area contributed by atoms with E-state index in [-0.39, 0.29) is 42.0 Å². The minimum atomic E-state index is -0.207. The van der Waals surface area contributed by atoms with Crippen molar-refractivity contribution in [2.75, 3.05) is 39.8 Å². The molecule has 23 heavy (non-hydrogen) atoms. The number of carbonyl (C=O) groups excluding carboxylic acids is 1. The van der Waals surface area contributed by atoms with Crippen molar-refractivity contribution in [1.82, 2.24) is 20.9 Å². The fourth-order valence-electron chi connectivity index (χ4n) is 2.69. The Morgan fingerprint density at radius 1 is 1.30 bits per heavy atom. The molecule has 1 aliphatic heterocycles. The number of likely N-dealkylation sites (tertiary alicyclic amines) is 1. The Morgan fingerprint density at radius 2 is 2.00 bits per heavy atom. The molecule has 1 fully saturated rings. The highest BCUT2D eigenvalue weighted by molar-refractivity contribution is 14.0. The zero-order valence-electron chi connectivity index (χ0n) is 15.2. The molecule has 0 saturated carbocycles. The molecular formula is C16H34IN5O. The smallest absolute Gasteiger partial charge is 0.239 e. The number of nitrogens with one attached hydrogen (secondary N) is 3. The first-order chi connectivity index (χ1) is 10.3. The summed E-state index contributed by atoms with van der Waals surface area (Å²) in [5.74, 6) is 1.32. The second-order valence-corrected chi connectivity index (χ2v) is 7.01. The Hall–Kier alpha value is -0.570. The summed E-state index contributed by atoms with van der Waals surface area (Å²) in [5.41, 5.74) is -0.207. The molecule has 1 unspecified atom stereocenters. The largest absolute Gasteiger partial charge is 0.356 e. The van der Waals surface area contributed by atoms with Crippen molar-refractivity contribution >= 4 is 35.8 Å². The number of halogens is 1. The number of aliphatic imine (C=N–C) groups is 1. The van der Waals surface area contributed by atoms with Crippen LogP contribution in [0.25, 0.3) is 0 Å². The van der Waals surface area contributed by atoms with Crippen molar-refractivity contribution in [2.24, 2.45) is 10.9 Å². The van der Waals surface area contributed by atoms with E-state index in [9.17, 15) is 4.79 Å². The van der Waals surface area contributed by atoms with Gasteiger partial charge in [0.25, 0.3) is 0 Å². The number of amides is 1. The second-order valence-electron chi connectivity index (χ2n) is 7.01. The van der Waals surface area contributed by atoms with E-state index in [4.69, 9.17) is 0 Å². The molecule has 0 aromatic heterocycles. The molecule has 1 saturated heterocycles. The Bertz CT molecular complexity index is 381. The van der Waals surface area contributed by atoms with Crippen LogP contribution in [-0.4, -0.2) is 62.1 Å². The highest BCUT2D eigenvalue weighted by Crippen LogP contribution is 2.14. The zero-order chi connectivity index (χ0) is 16.6. The maximum absolute atomic E-state index is 11.8. The lowest BCUT2D eigenvalue weighted by Gasteiger charge is -2.32. The van der Waals surface area contributed by atoms with Gasteiger partial charge in [-0.2, -0.15) is 0 Å². The Labute approximate surface area is 158 Å². The van der Waals surface area contributed by atoms with Gasteiger partial charge in [0.05, 0.1) is 6.54 Å². The third kappa shape index (κ3) is 10.0. The van der Waals surface area contributed by atoms with Crippen LogP contribution in [0, 0.1) is 5.92 Å². The van der Waals surface area contributed by atoms with Crippen LogP contribution < -0.4 is 16.0 Å². The monoisotopic (exact) mass is 439 g/mol. The summed E-state index contributed by atoms with van der Waals surface area (Å²) in [5, 5.41) is 9.33. The van der Waals surface area contributed by atoms with E-state index < -0.39 is 0 Å². The number of guanidine groups is 1. The van der Waals surface area contributed by atoms with Crippen LogP contribution in [0.5, 0.6) is 0 Å². The fourth-order valence-corrected chi connectivity index (χ4v) is 2.69. The molecule has 6 nitrogen and oxygen atoms in total. The zero-order valence-corrected chi connectivity index (χ0v) is 17.6. The van der Waals surface area contributed by atoms with Gasteiger partial charge in [0.1, 0.15) is 0 Å². The van der Waals surface area contributed by atoms with Crippen molar-refractivity contribution < 1.29 is 4.79 Å². The Kier molecular flexibility index (Phi) is 10.8. The number of nitrogens with zero attached hydrogens (tertiary/aromatic N) is 2. The van der Waals surface area contributed by atoms with Gasteiger partial charge < -0.3 is 20.9 Å². The molecule has 1 aliphatic rings. The van der Waals surface area contributed by atoms with Crippen LogP contribution in [0.15, 0.2) is 4.99 Å². The van der Waals surface area contributed by atoms with Gasteiger partial charge in [-0.15, -0.1) is 24.0 Å². The first kappa shape index (κ1) is 22.4. The standard InChI is InChI=1S/C16H33N5O.HI/c1-6-21-9-7-8-13(12-21)10-18-15(17-5)19-11-14(22)20-16(2,3)4;/h13H,6-12H2,1-5H3,(H,20,22)(H2,17,18,19);1H. The molecule has 1 amide bonds. The topological polar surface area (TPSA) is 68.8 Å². The van der Waals surface area contributed by atoms with Crippen LogP contribution in [0.2, 0.25) is 0 Å². The van der Waals surface area contributed by atoms with E-state index in [0.29, 0.717) is 11.9 Å². The molecule has 136 valence electrons. The SMILES string of the molecule is CCN1CCCC(CNC(=NC)NCC(=O)NC(C)(C)C)C1.I. The molecule has 7 heteroatoms. The average molecular weight is 439 g/mol. The molecule has 0 aliphatic carbocycles. The van der Waals surface area contributed by atoms with Gasteiger partial charge in [-0.1, -0.05) is 6.92 Å². The molecule has 1 rings (SSSR count). The van der Waals surface area contributed by atoms with Crippen LogP contribution in [-0.2, 0) is 4.79 Å². The van der Waals surface area contributed by atoms with Gasteiger partial charge in [-0.3, -0.25) is 9.79 Å². The van der Waals surface area contributed by atoms with Crippen molar-refractivity contribution in [2.45, 2.75) is 46.1 Å². The highest BCUT2D eigenvalue weighted by atomic mass is 127. The predicted molar refractivity (Wildman–Crippen MR) is 108 cm³/mol. The molecule has 0 radical (unpaired) electrons. The summed E-state index contributed by atoms with van der Waals surface area (Å²) in [7, 11) is 1.73. The maximum Gasteiger partial charge on any atom is 0.239 e. The first-order valence-electron chi connectivity index (χ1n) is 8.32. The van der Waals surface area contributed by atoms with Gasteiger partial charge in [0, 0.05) is 25.7 Å². The molecule has 0 bridgehead atoms. The lowest BCUT2D eigenvalue weighted by molar-refractivity contribution is -0.121. The summed E-state index contributed by atoms with van der Waals surface area (Å²) in [6.07, 6.45) is 2.52. The minimum absolute atomic E-state index is 0. The third-order valence-electron chi connectivity index (χ3n) is 3.76. The number of rotatable bonds is 5. The predicted octanol–water partition coefficient (Wildman–Crippen LogP) is 1.42. The lowest BCUT2D eigenvalue weighted by Crippen LogP contribution is -2.49. The third-order valence-corrected chi connectivity index (χ3v) is 3.76. The van der Waals surface area contributed by atoms with Crippen LogP contribution in [0.1, 0.15) is 40.5 Å². The van der Waals surface area contributed by atoms with E-state index in [0.717, 1.165) is 19.6 Å². The Morgan fingerprint density at radius 3 is 2.57 bits per heavy atom. The summed E-state index contributed by atoms with van der Waals surface area (Å²) >= 11 is 0. The molecule has 1 atom stereocenters. The molecule has 0 aromatic rings. The molecule has 0 spiro atoms. The van der Waals surface area contributed by atoms with Gasteiger partial charge in [0.2, 0.25) is 5.91 Å². The minimum Gasteiger partial charge on any atom is -0.356 e. The van der Waals surface area contributed by atoms with E-state index >= 15 is 0 Å². The Balaban J connectivity index is 0.00000484. The number of carbonyl (C=O) groups is 1. The van der Waals surface area contributed by atoms with E-state index in [1.807, 2.05) is 20.8 Å². The van der Waals surface area contributed by atoms with Gasteiger partial charge >= 0.3 is 0 Å². The van der Waals surface area contributed by atoms with Gasteiger partial charge in [0.15, 0.2) is 5.96 Å². The lowest BCUT2D eigenvalue weighted by atomic mass is 9.98. The summed E-state index contributed by atoms with van der Waals surface area (Å²) in [6, 6.07) is 0. The summed E-state index contributed by atoms with van der Waals surface area (Å²) < 4.78 is 0. The second kappa shape index (κ2) is 11.1. The first-order valence-corrected chi connectivity index (χ1v) is 8.32. The maximum atomic E-state index is 11.8. The molecule has 0 aromatic carbocycles. The summed E-state index contributed by atoms with van der Waals surface area (Å²) in [6.45, 7) is 12.7. The number of piperidine rings is 1. The average Bonchev–Trinajstić information content (AvgIpc) is 2.46. The van der Waals surface area contributed by atoms with E-state index in [1.54, 1.807) is 7.05 Å². The van der Waals surface area contributed by atoms with Crippen molar-refractivity contribution in [3.8, 4) is 0 Å². The van der Waals surface area contributed by atoms with Crippen LogP contribution in [0.3, 0.4) is 0 Å². The number of hydrogen-bond donors (Lipinski definition) is 3. The van der Waals surface area contributed by atoms with Crippen molar-refractivity contribution in [3.05, 3.63) is 0 Å². The molecule has 3 N–H and O–H groups in total. The number of hydrogen-bond acceptors (Lipinski definition) is 3. The normalized spacial score (nSPS) is 19.7. The highest BCUT2D eigenvalue weighted by Gasteiger charge is 2.19. The molecule has 1 heterocycles. The van der Waals surface area contributed by atoms with E-state index in [2.05, 4.69) is 32.8 Å². The van der Waals surface area contributed by atoms with Crippen LogP contribution in [0.4, 0.5) is 0 Å².